The first kappa shape index (κ1) is 21.4. The summed E-state index contributed by atoms with van der Waals surface area (Å²) in [6, 6.07) is 6.90. The lowest BCUT2D eigenvalue weighted by molar-refractivity contribution is 0.0947. The number of nitrogen functional groups attached to an aromatic ring is 1. The van der Waals surface area contributed by atoms with Crippen LogP contribution in [-0.2, 0) is 6.54 Å². The third kappa shape index (κ3) is 4.75. The first-order valence-electron chi connectivity index (χ1n) is 10.4. The minimum atomic E-state index is -0.533. The van der Waals surface area contributed by atoms with E-state index in [4.69, 9.17) is 10.4 Å². The zero-order valence-electron chi connectivity index (χ0n) is 17.7. The number of anilines is 1. The average Bonchev–Trinajstić information content (AvgIpc) is 3.40. The molecule has 2 aromatic heterocycles. The van der Waals surface area contributed by atoms with Gasteiger partial charge >= 0.3 is 0 Å². The summed E-state index contributed by atoms with van der Waals surface area (Å²) in [7, 11) is 2.01. The topological polar surface area (TPSA) is 161 Å². The Morgan fingerprint density at radius 3 is 2.91 bits per heavy atom. The molecule has 0 bridgehead atoms. The van der Waals surface area contributed by atoms with Crippen LogP contribution in [0.2, 0.25) is 0 Å². The molecule has 4 rings (SSSR count). The Hall–Kier alpha value is -3.80. The van der Waals surface area contributed by atoms with Gasteiger partial charge < -0.3 is 10.8 Å². The summed E-state index contributed by atoms with van der Waals surface area (Å²) in [6.45, 7) is 0.406. The summed E-state index contributed by atoms with van der Waals surface area (Å²) < 4.78 is 6.07. The number of amides is 1. The van der Waals surface area contributed by atoms with E-state index in [9.17, 15) is 9.90 Å². The van der Waals surface area contributed by atoms with Crippen LogP contribution in [-0.4, -0.2) is 60.5 Å². The minimum Gasteiger partial charge on any atom is -0.508 e. The van der Waals surface area contributed by atoms with Crippen molar-refractivity contribution in [3.63, 3.8) is 0 Å². The van der Waals surface area contributed by atoms with Crippen molar-refractivity contribution in [1.29, 1.82) is 0 Å². The molecule has 1 aliphatic carbocycles. The van der Waals surface area contributed by atoms with Crippen LogP contribution in [0, 0.1) is 0 Å². The van der Waals surface area contributed by atoms with Gasteiger partial charge in [0.1, 0.15) is 5.75 Å². The summed E-state index contributed by atoms with van der Waals surface area (Å²) in [5.41, 5.74) is 9.54. The lowest BCUT2D eigenvalue weighted by atomic mass is 9.94. The Labute approximate surface area is 184 Å². The number of hydrogen-bond acceptors (Lipinski definition) is 10. The summed E-state index contributed by atoms with van der Waals surface area (Å²) in [5, 5.41) is 29.0. The van der Waals surface area contributed by atoms with E-state index < -0.39 is 5.91 Å². The van der Waals surface area contributed by atoms with Gasteiger partial charge in [0.2, 0.25) is 11.6 Å². The van der Waals surface area contributed by atoms with Gasteiger partial charge in [-0.05, 0) is 47.9 Å². The number of phenols is 1. The van der Waals surface area contributed by atoms with Crippen molar-refractivity contribution in [2.75, 3.05) is 12.8 Å². The zero-order chi connectivity index (χ0) is 22.5. The highest BCUT2D eigenvalue weighted by atomic mass is 16.6. The van der Waals surface area contributed by atoms with Crippen LogP contribution in [0.3, 0.4) is 0 Å². The average molecular weight is 439 g/mol. The molecule has 0 unspecified atom stereocenters. The number of hydrogen-bond donors (Lipinski definition) is 3. The first-order valence-corrected chi connectivity index (χ1v) is 10.4. The Balaban J connectivity index is 1.57. The van der Waals surface area contributed by atoms with E-state index in [1.54, 1.807) is 18.2 Å². The lowest BCUT2D eigenvalue weighted by Gasteiger charge is -2.31. The van der Waals surface area contributed by atoms with E-state index in [0.717, 1.165) is 12.8 Å². The molecule has 0 aliphatic heterocycles. The number of benzene rings is 1. The molecule has 1 aliphatic rings. The van der Waals surface area contributed by atoms with Crippen LogP contribution in [0.25, 0.3) is 5.82 Å². The van der Waals surface area contributed by atoms with Gasteiger partial charge in [0.25, 0.3) is 5.91 Å². The minimum absolute atomic E-state index is 0.0466. The molecule has 4 N–H and O–H groups in total. The number of aromatic nitrogens is 5. The van der Waals surface area contributed by atoms with Gasteiger partial charge in [-0.3, -0.25) is 9.69 Å². The predicted octanol–water partition coefficient (Wildman–Crippen LogP) is 1.47. The molecule has 168 valence electrons. The predicted molar refractivity (Wildman–Crippen MR) is 115 cm³/mol. The maximum absolute atomic E-state index is 12.8. The molecule has 1 amide bonds. The maximum Gasteiger partial charge on any atom is 0.293 e. The maximum atomic E-state index is 12.8. The third-order valence-electron chi connectivity index (χ3n) is 5.52. The molecule has 32 heavy (non-hydrogen) atoms. The Morgan fingerprint density at radius 2 is 2.19 bits per heavy atom. The van der Waals surface area contributed by atoms with E-state index in [0.29, 0.717) is 23.8 Å². The fourth-order valence-electron chi connectivity index (χ4n) is 3.84. The normalized spacial score (nSPS) is 14.9. The van der Waals surface area contributed by atoms with Gasteiger partial charge in [-0.2, -0.15) is 9.78 Å². The molecule has 0 saturated heterocycles. The van der Waals surface area contributed by atoms with Gasteiger partial charge in [-0.25, -0.2) is 10.1 Å². The lowest BCUT2D eigenvalue weighted by Crippen LogP contribution is -2.34. The van der Waals surface area contributed by atoms with Crippen LogP contribution in [0.15, 0.2) is 34.0 Å². The van der Waals surface area contributed by atoms with Crippen LogP contribution in [0.1, 0.15) is 53.8 Å². The van der Waals surface area contributed by atoms with Crippen molar-refractivity contribution < 1.29 is 14.5 Å². The fourth-order valence-corrected chi connectivity index (χ4v) is 3.84. The molecule has 3 aromatic rings. The second kappa shape index (κ2) is 9.56. The largest absolute Gasteiger partial charge is 0.508 e. The Kier molecular flexibility index (Phi) is 6.40. The van der Waals surface area contributed by atoms with E-state index in [-0.39, 0.29) is 23.1 Å². The van der Waals surface area contributed by atoms with Gasteiger partial charge in [0.05, 0.1) is 11.9 Å². The van der Waals surface area contributed by atoms with Crippen molar-refractivity contribution in [1.82, 2.24) is 35.6 Å². The fraction of sp³-hybridized carbons (Fsp3) is 0.400. The zero-order valence-corrected chi connectivity index (χ0v) is 17.7. The van der Waals surface area contributed by atoms with Crippen LogP contribution in [0.5, 0.6) is 5.75 Å². The molecule has 2 heterocycles. The Morgan fingerprint density at radius 1 is 1.38 bits per heavy atom. The molecule has 0 atom stereocenters. The molecule has 1 saturated carbocycles. The SMILES string of the molecule is CN(Cc1c(C(=O)N/N=C\c2cccc(O)c2)nnn1-c1nonc1N)C1CCCCC1. The summed E-state index contributed by atoms with van der Waals surface area (Å²) in [5.74, 6) is -0.207. The number of aromatic hydroxyl groups is 1. The third-order valence-corrected chi connectivity index (χ3v) is 5.52. The number of nitrogens with two attached hydrogens (primary N) is 1. The smallest absolute Gasteiger partial charge is 0.293 e. The summed E-state index contributed by atoms with van der Waals surface area (Å²) >= 11 is 0. The number of carbonyl (C=O) groups is 1. The number of carbonyl (C=O) groups excluding carboxylic acids is 1. The van der Waals surface area contributed by atoms with Gasteiger partial charge in [-0.1, -0.05) is 36.6 Å². The van der Waals surface area contributed by atoms with E-state index in [1.807, 2.05) is 7.05 Å². The first-order chi connectivity index (χ1) is 15.5. The molecule has 12 heteroatoms. The number of rotatable bonds is 7. The summed E-state index contributed by atoms with van der Waals surface area (Å²) in [4.78, 5) is 15.0. The number of nitrogens with zero attached hydrogens (tertiary/aromatic N) is 7. The van der Waals surface area contributed by atoms with Crippen LogP contribution in [0.4, 0.5) is 5.82 Å². The van der Waals surface area contributed by atoms with Crippen molar-refractivity contribution >= 4 is 17.9 Å². The molecule has 0 radical (unpaired) electrons. The van der Waals surface area contributed by atoms with E-state index >= 15 is 0 Å². The highest BCUT2D eigenvalue weighted by molar-refractivity contribution is 5.94. The number of phenolic OH excluding ortho intramolecular Hbond substituents is 1. The van der Waals surface area contributed by atoms with Gasteiger partial charge in [0.15, 0.2) is 5.69 Å². The van der Waals surface area contributed by atoms with Crippen LogP contribution >= 0.6 is 0 Å². The molecule has 0 spiro atoms. The second-order valence-electron chi connectivity index (χ2n) is 7.77. The summed E-state index contributed by atoms with van der Waals surface area (Å²) in [6.07, 6.45) is 7.24. The van der Waals surface area contributed by atoms with Crippen molar-refractivity contribution in [3.8, 4) is 11.6 Å². The van der Waals surface area contributed by atoms with Crippen LogP contribution < -0.4 is 11.2 Å². The number of hydrazone groups is 1. The van der Waals surface area contributed by atoms with E-state index in [2.05, 4.69) is 36.1 Å². The molecular weight excluding hydrogens is 414 g/mol. The van der Waals surface area contributed by atoms with Crippen molar-refractivity contribution in [2.45, 2.75) is 44.7 Å². The Bertz CT molecular complexity index is 1100. The molecule has 1 fully saturated rings. The van der Waals surface area contributed by atoms with Crippen molar-refractivity contribution in [2.24, 2.45) is 5.10 Å². The quantitative estimate of drug-likeness (QED) is 0.366. The monoisotopic (exact) mass is 439 g/mol. The molecule has 1 aromatic carbocycles. The van der Waals surface area contributed by atoms with E-state index in [1.165, 1.54) is 36.2 Å². The molecule has 12 nitrogen and oxygen atoms in total. The number of nitrogens with one attached hydrogen (secondary N) is 1. The highest BCUT2D eigenvalue weighted by Gasteiger charge is 2.27. The molecular formula is C20H25N9O3. The highest BCUT2D eigenvalue weighted by Crippen LogP contribution is 2.24. The van der Waals surface area contributed by atoms with Gasteiger partial charge in [0, 0.05) is 12.6 Å². The van der Waals surface area contributed by atoms with Gasteiger partial charge in [-0.15, -0.1) is 5.10 Å². The second-order valence-corrected chi connectivity index (χ2v) is 7.77. The van der Waals surface area contributed by atoms with Crippen molar-refractivity contribution in [3.05, 3.63) is 41.2 Å². The standard InChI is InChI=1S/C20H25N9O3/c1-28(14-7-3-2-4-8-14)12-16-17(23-27-29(16)19-18(21)25-32-26-19)20(31)24-22-11-13-6-5-9-15(30)10-13/h5-6,9-11,14,30H,2-4,7-8,12H2,1H3,(H2,21,25)(H,24,31)/b22-11-.